The van der Waals surface area contributed by atoms with E-state index in [1.54, 1.807) is 14.0 Å². The predicted molar refractivity (Wildman–Crippen MR) is 149 cm³/mol. The normalized spacial score (nSPS) is 14.7. The minimum atomic E-state index is -0.202. The van der Waals surface area contributed by atoms with Gasteiger partial charge in [0.25, 0.3) is 0 Å². The monoisotopic (exact) mass is 514 g/mol. The Balaban J connectivity index is 1.60. The van der Waals surface area contributed by atoms with Gasteiger partial charge in [-0.3, -0.25) is 4.79 Å². The summed E-state index contributed by atoms with van der Waals surface area (Å²) in [6.07, 6.45) is 1.91. The fourth-order valence-electron chi connectivity index (χ4n) is 4.88. The number of nitrogens with zero attached hydrogens (tertiary/aromatic N) is 5. The van der Waals surface area contributed by atoms with E-state index in [0.717, 1.165) is 22.3 Å². The molecule has 0 spiro atoms. The minimum absolute atomic E-state index is 0.0473. The summed E-state index contributed by atoms with van der Waals surface area (Å²) in [4.78, 5) is 25.5. The molecule has 1 saturated heterocycles. The van der Waals surface area contributed by atoms with E-state index in [0.29, 0.717) is 43.5 Å². The summed E-state index contributed by atoms with van der Waals surface area (Å²) in [7, 11) is 1.66. The summed E-state index contributed by atoms with van der Waals surface area (Å²) in [6.45, 7) is 8.09. The van der Waals surface area contributed by atoms with Crippen molar-refractivity contribution >= 4 is 28.6 Å². The Morgan fingerprint density at radius 3 is 2.24 bits per heavy atom. The Labute approximate surface area is 222 Å². The van der Waals surface area contributed by atoms with Crippen molar-refractivity contribution in [2.45, 2.75) is 32.9 Å². The highest BCUT2D eigenvalue weighted by molar-refractivity contribution is 5.94. The largest absolute Gasteiger partial charge is 0.497 e. The maximum atomic E-state index is 11.8. The number of ether oxygens (including phenoxy) is 1. The van der Waals surface area contributed by atoms with Crippen LogP contribution in [0.1, 0.15) is 44.0 Å². The predicted octanol–water partition coefficient (Wildman–Crippen LogP) is 4.60. The van der Waals surface area contributed by atoms with Crippen LogP contribution in [0.25, 0.3) is 10.9 Å². The number of methoxy groups -OCH3 is 1. The van der Waals surface area contributed by atoms with Crippen molar-refractivity contribution in [2.24, 2.45) is 0 Å². The summed E-state index contributed by atoms with van der Waals surface area (Å²) < 4.78 is 7.18. The number of fused-ring (bicyclic) bond motifs is 1. The van der Waals surface area contributed by atoms with Crippen molar-refractivity contribution in [2.75, 3.05) is 43.5 Å². The first-order valence-corrected chi connectivity index (χ1v) is 12.9. The summed E-state index contributed by atoms with van der Waals surface area (Å²) in [5, 5.41) is 15.5. The Bertz CT molecular complexity index is 1410. The van der Waals surface area contributed by atoms with Crippen molar-refractivity contribution in [3.8, 4) is 11.6 Å². The van der Waals surface area contributed by atoms with Crippen molar-refractivity contribution in [3.63, 3.8) is 0 Å². The zero-order valence-corrected chi connectivity index (χ0v) is 22.3. The van der Waals surface area contributed by atoms with Crippen LogP contribution in [0.5, 0.6) is 11.6 Å². The third-order valence-corrected chi connectivity index (χ3v) is 7.09. The van der Waals surface area contributed by atoms with Crippen molar-refractivity contribution in [3.05, 3.63) is 71.9 Å². The summed E-state index contributed by atoms with van der Waals surface area (Å²) in [5.74, 6) is 2.14. The quantitative estimate of drug-likeness (QED) is 0.372. The Hall–Kier alpha value is -4.27. The van der Waals surface area contributed by atoms with Crippen LogP contribution in [-0.2, 0) is 4.79 Å². The molecule has 4 aromatic rings. The fourth-order valence-corrected chi connectivity index (χ4v) is 4.88. The van der Waals surface area contributed by atoms with Crippen LogP contribution in [0.4, 0.5) is 11.8 Å². The molecule has 1 aliphatic heterocycles. The van der Waals surface area contributed by atoms with Crippen molar-refractivity contribution < 1.29 is 14.6 Å². The molecular formula is C29H34N6O3. The average Bonchev–Trinajstić information content (AvgIpc) is 3.29. The molecule has 198 valence electrons. The van der Waals surface area contributed by atoms with E-state index in [4.69, 9.17) is 14.7 Å². The lowest BCUT2D eigenvalue weighted by Gasteiger charge is -2.34. The van der Waals surface area contributed by atoms with E-state index in [-0.39, 0.29) is 23.9 Å². The van der Waals surface area contributed by atoms with Gasteiger partial charge in [-0.15, -0.1) is 0 Å². The van der Waals surface area contributed by atoms with Gasteiger partial charge in [-0.2, -0.15) is 4.98 Å². The third-order valence-electron chi connectivity index (χ3n) is 7.09. The molecule has 0 aliphatic carbocycles. The molecule has 1 amide bonds. The van der Waals surface area contributed by atoms with Gasteiger partial charge in [0.15, 0.2) is 0 Å². The number of anilines is 2. The number of benzene rings is 2. The zero-order chi connectivity index (χ0) is 26.8. The maximum Gasteiger partial charge on any atom is 0.228 e. The van der Waals surface area contributed by atoms with Crippen LogP contribution in [0.15, 0.2) is 60.8 Å². The number of carbonyl (C=O) groups excluding carboxylic acids is 1. The zero-order valence-electron chi connectivity index (χ0n) is 22.3. The molecule has 1 unspecified atom stereocenters. The smallest absolute Gasteiger partial charge is 0.228 e. The molecule has 0 saturated carbocycles. The number of amides is 1. The highest BCUT2D eigenvalue weighted by Crippen LogP contribution is 2.37. The highest BCUT2D eigenvalue weighted by Gasteiger charge is 2.25. The molecule has 0 bridgehead atoms. The second-order valence-electron chi connectivity index (χ2n) is 9.84. The van der Waals surface area contributed by atoms with E-state index in [1.165, 1.54) is 0 Å². The van der Waals surface area contributed by atoms with Gasteiger partial charge in [-0.25, -0.2) is 4.98 Å². The number of hydrogen-bond donors (Lipinski definition) is 2. The number of rotatable bonds is 7. The molecule has 9 nitrogen and oxygen atoms in total. The summed E-state index contributed by atoms with van der Waals surface area (Å²) in [5.41, 5.74) is 2.63. The lowest BCUT2D eigenvalue weighted by atomic mass is 9.98. The molecule has 1 atom stereocenters. The van der Waals surface area contributed by atoms with E-state index in [1.807, 2.05) is 72.0 Å². The molecule has 1 aliphatic rings. The molecule has 38 heavy (non-hydrogen) atoms. The molecule has 0 radical (unpaired) electrons. The molecule has 2 aromatic heterocycles. The van der Waals surface area contributed by atoms with Crippen molar-refractivity contribution in [1.29, 1.82) is 0 Å². The van der Waals surface area contributed by atoms with E-state index < -0.39 is 0 Å². The molecule has 5 rings (SSSR count). The van der Waals surface area contributed by atoms with Gasteiger partial charge >= 0.3 is 0 Å². The lowest BCUT2D eigenvalue weighted by Crippen LogP contribution is -2.48. The second-order valence-corrected chi connectivity index (χ2v) is 9.84. The number of piperazine rings is 1. The molecule has 9 heteroatoms. The highest BCUT2D eigenvalue weighted by atomic mass is 16.5. The third kappa shape index (κ3) is 4.96. The lowest BCUT2D eigenvalue weighted by molar-refractivity contribution is -0.129. The Kier molecular flexibility index (Phi) is 7.09. The first kappa shape index (κ1) is 25.4. The SMILES string of the molecule is COc1ccc(C(Nc2nc(N3CCN(C(C)=O)CC3)nc3c(O)n(C(C)C)cc23)c2ccccc2)cc1. The first-order valence-electron chi connectivity index (χ1n) is 12.9. The number of hydrogen-bond acceptors (Lipinski definition) is 7. The van der Waals surface area contributed by atoms with E-state index in [9.17, 15) is 9.90 Å². The maximum absolute atomic E-state index is 11.8. The second kappa shape index (κ2) is 10.6. The van der Waals surface area contributed by atoms with Crippen LogP contribution in [0.3, 0.4) is 0 Å². The summed E-state index contributed by atoms with van der Waals surface area (Å²) in [6, 6.07) is 18.0. The van der Waals surface area contributed by atoms with E-state index in [2.05, 4.69) is 22.3 Å². The number of aromatic nitrogens is 3. The van der Waals surface area contributed by atoms with E-state index >= 15 is 0 Å². The van der Waals surface area contributed by atoms with Gasteiger partial charge in [-0.1, -0.05) is 42.5 Å². The molecule has 1 fully saturated rings. The molecule has 2 aromatic carbocycles. The fraction of sp³-hybridized carbons (Fsp3) is 0.345. The standard InChI is InChI=1S/C29H34N6O3/c1-19(2)35-18-24-26(28(35)37)31-29(34-16-14-33(15-17-34)20(3)36)32-27(24)30-25(21-8-6-5-7-9-21)22-10-12-23(38-4)13-11-22/h5-13,18-19,25,37H,14-17H2,1-4H3,(H,30,31,32). The molecular weight excluding hydrogens is 480 g/mol. The molecule has 3 heterocycles. The van der Waals surface area contributed by atoms with Gasteiger partial charge in [0.2, 0.25) is 17.7 Å². The minimum Gasteiger partial charge on any atom is -0.497 e. The van der Waals surface area contributed by atoms with Gasteiger partial charge < -0.3 is 29.5 Å². The Morgan fingerprint density at radius 1 is 0.974 bits per heavy atom. The molecule has 2 N–H and O–H groups in total. The van der Waals surface area contributed by atoms with Crippen LogP contribution in [-0.4, -0.2) is 63.7 Å². The van der Waals surface area contributed by atoms with Crippen LogP contribution >= 0.6 is 0 Å². The van der Waals surface area contributed by atoms with Crippen LogP contribution in [0, 0.1) is 0 Å². The van der Waals surface area contributed by atoms with Gasteiger partial charge in [0.1, 0.15) is 17.1 Å². The number of nitrogens with one attached hydrogen (secondary N) is 1. The number of carbonyl (C=O) groups is 1. The van der Waals surface area contributed by atoms with Gasteiger partial charge in [0.05, 0.1) is 18.5 Å². The van der Waals surface area contributed by atoms with Crippen LogP contribution in [0.2, 0.25) is 0 Å². The summed E-state index contributed by atoms with van der Waals surface area (Å²) >= 11 is 0. The van der Waals surface area contributed by atoms with Gasteiger partial charge in [-0.05, 0) is 37.1 Å². The van der Waals surface area contributed by atoms with Crippen LogP contribution < -0.4 is 15.0 Å². The Morgan fingerprint density at radius 2 is 1.63 bits per heavy atom. The topological polar surface area (TPSA) is 95.8 Å². The first-order chi connectivity index (χ1) is 18.4. The van der Waals surface area contributed by atoms with Gasteiger partial charge in [0, 0.05) is 45.3 Å². The average molecular weight is 515 g/mol. The van der Waals surface area contributed by atoms with Crippen molar-refractivity contribution in [1.82, 2.24) is 19.4 Å². The number of aromatic hydroxyl groups is 1.